The van der Waals surface area contributed by atoms with Crippen LogP contribution in [0.4, 0.5) is 0 Å². The maximum atomic E-state index is 6.75. The number of likely N-dealkylation sites (N-methyl/N-ethyl adjacent to an activating group) is 1. The van der Waals surface area contributed by atoms with Crippen molar-refractivity contribution in [2.45, 2.75) is 90.4 Å². The minimum absolute atomic E-state index is 0.405. The Labute approximate surface area is 125 Å². The fourth-order valence-corrected chi connectivity index (χ4v) is 5.31. The van der Waals surface area contributed by atoms with Crippen LogP contribution in [0.15, 0.2) is 0 Å². The van der Waals surface area contributed by atoms with Gasteiger partial charge in [-0.2, -0.15) is 0 Å². The third-order valence-corrected chi connectivity index (χ3v) is 7.38. The zero-order chi connectivity index (χ0) is 14.4. The van der Waals surface area contributed by atoms with Crippen molar-refractivity contribution < 1.29 is 4.74 Å². The van der Waals surface area contributed by atoms with Crippen LogP contribution in [0.25, 0.3) is 0 Å². The Morgan fingerprint density at radius 3 is 2.35 bits per heavy atom. The van der Waals surface area contributed by atoms with Gasteiger partial charge in [-0.3, -0.25) is 0 Å². The number of hydrogen-bond acceptors (Lipinski definition) is 2. The zero-order valence-corrected chi connectivity index (χ0v) is 13.9. The van der Waals surface area contributed by atoms with E-state index in [0.29, 0.717) is 29.1 Å². The van der Waals surface area contributed by atoms with Crippen molar-refractivity contribution >= 4 is 0 Å². The summed E-state index contributed by atoms with van der Waals surface area (Å²) in [5.74, 6) is 0.885. The Bertz CT molecular complexity index is 353. The second-order valence-electron chi connectivity index (χ2n) is 8.31. The second-order valence-corrected chi connectivity index (χ2v) is 8.31. The van der Waals surface area contributed by atoms with Crippen molar-refractivity contribution in [3.05, 3.63) is 0 Å². The topological polar surface area (TPSA) is 21.3 Å². The average molecular weight is 279 g/mol. The minimum Gasteiger partial charge on any atom is -0.373 e. The van der Waals surface area contributed by atoms with Crippen LogP contribution in [-0.2, 0) is 4.74 Å². The molecule has 20 heavy (non-hydrogen) atoms. The Balaban J connectivity index is 1.71. The van der Waals surface area contributed by atoms with Crippen LogP contribution in [0.5, 0.6) is 0 Å². The van der Waals surface area contributed by atoms with Gasteiger partial charge in [0.05, 0.1) is 12.2 Å². The summed E-state index contributed by atoms with van der Waals surface area (Å²) in [6.45, 7) is 7.46. The molecule has 3 aliphatic carbocycles. The van der Waals surface area contributed by atoms with Crippen molar-refractivity contribution in [1.29, 1.82) is 0 Å². The molecule has 0 heterocycles. The summed E-state index contributed by atoms with van der Waals surface area (Å²) < 4.78 is 6.75. The smallest absolute Gasteiger partial charge is 0.0731 e. The Hall–Kier alpha value is -0.0800. The standard InChI is InChI=1S/C18H33NO/c1-17(2)13-10-11-18(17,3)16(12-13)20-15-9-7-5-6-8-14(15)19-4/h13-16,19H,5-12H2,1-4H3. The first-order chi connectivity index (χ1) is 9.49. The summed E-state index contributed by atoms with van der Waals surface area (Å²) >= 11 is 0. The highest BCUT2D eigenvalue weighted by atomic mass is 16.5. The highest BCUT2D eigenvalue weighted by Crippen LogP contribution is 2.66. The molecule has 0 aliphatic heterocycles. The molecule has 3 aliphatic rings. The highest BCUT2D eigenvalue weighted by molar-refractivity contribution is 5.11. The lowest BCUT2D eigenvalue weighted by molar-refractivity contribution is -0.0985. The normalized spacial score (nSPS) is 47.4. The maximum absolute atomic E-state index is 6.75. The van der Waals surface area contributed by atoms with E-state index in [0.717, 1.165) is 5.92 Å². The monoisotopic (exact) mass is 279 g/mol. The van der Waals surface area contributed by atoms with Crippen molar-refractivity contribution in [1.82, 2.24) is 5.32 Å². The predicted molar refractivity (Wildman–Crippen MR) is 83.8 cm³/mol. The van der Waals surface area contributed by atoms with Gasteiger partial charge in [0.15, 0.2) is 0 Å². The minimum atomic E-state index is 0.405. The molecule has 3 saturated carbocycles. The highest BCUT2D eigenvalue weighted by Gasteiger charge is 2.62. The third-order valence-electron chi connectivity index (χ3n) is 7.38. The first-order valence-corrected chi connectivity index (χ1v) is 8.82. The fraction of sp³-hybridized carbons (Fsp3) is 1.00. The number of ether oxygens (including phenoxy) is 1. The molecule has 0 aromatic heterocycles. The van der Waals surface area contributed by atoms with Gasteiger partial charge in [0.1, 0.15) is 0 Å². The summed E-state index contributed by atoms with van der Waals surface area (Å²) in [6.07, 6.45) is 11.7. The number of rotatable bonds is 3. The van der Waals surface area contributed by atoms with Gasteiger partial charge in [-0.15, -0.1) is 0 Å². The van der Waals surface area contributed by atoms with Crippen LogP contribution in [0, 0.1) is 16.7 Å². The fourth-order valence-electron chi connectivity index (χ4n) is 5.31. The maximum Gasteiger partial charge on any atom is 0.0731 e. The van der Waals surface area contributed by atoms with Gasteiger partial charge in [-0.05, 0) is 55.9 Å². The molecule has 0 aromatic rings. The lowest BCUT2D eigenvalue weighted by atomic mass is 9.70. The molecule has 2 nitrogen and oxygen atoms in total. The first-order valence-electron chi connectivity index (χ1n) is 8.82. The molecule has 0 radical (unpaired) electrons. The lowest BCUT2D eigenvalue weighted by Crippen LogP contribution is -2.45. The quantitative estimate of drug-likeness (QED) is 0.784. The molecule has 5 unspecified atom stereocenters. The predicted octanol–water partition coefficient (Wildman–Crippen LogP) is 4.14. The molecule has 0 amide bonds. The van der Waals surface area contributed by atoms with Crippen LogP contribution in [0.3, 0.4) is 0 Å². The van der Waals surface area contributed by atoms with Gasteiger partial charge >= 0.3 is 0 Å². The SMILES string of the molecule is CNC1CCCCCC1OC1CC2CCC1(C)C2(C)C. The molecule has 0 spiro atoms. The van der Waals surface area contributed by atoms with Crippen molar-refractivity contribution in [3.63, 3.8) is 0 Å². The van der Waals surface area contributed by atoms with Crippen LogP contribution in [0.1, 0.15) is 72.1 Å². The molecule has 5 atom stereocenters. The van der Waals surface area contributed by atoms with E-state index in [9.17, 15) is 0 Å². The molecular weight excluding hydrogens is 246 g/mol. The largest absolute Gasteiger partial charge is 0.373 e. The van der Waals surface area contributed by atoms with E-state index in [4.69, 9.17) is 4.74 Å². The van der Waals surface area contributed by atoms with E-state index >= 15 is 0 Å². The summed E-state index contributed by atoms with van der Waals surface area (Å²) in [5, 5.41) is 3.52. The Morgan fingerprint density at radius 2 is 1.75 bits per heavy atom. The molecule has 0 saturated heterocycles. The van der Waals surface area contributed by atoms with Gasteiger partial charge < -0.3 is 10.1 Å². The van der Waals surface area contributed by atoms with Crippen LogP contribution >= 0.6 is 0 Å². The van der Waals surface area contributed by atoms with Gasteiger partial charge in [0, 0.05) is 6.04 Å². The summed E-state index contributed by atoms with van der Waals surface area (Å²) in [4.78, 5) is 0. The van der Waals surface area contributed by atoms with Gasteiger partial charge in [0.25, 0.3) is 0 Å². The van der Waals surface area contributed by atoms with E-state index in [1.165, 1.54) is 51.4 Å². The zero-order valence-electron chi connectivity index (χ0n) is 13.9. The Morgan fingerprint density at radius 1 is 1.00 bits per heavy atom. The summed E-state index contributed by atoms with van der Waals surface area (Å²) in [5.41, 5.74) is 0.875. The third kappa shape index (κ3) is 2.14. The van der Waals surface area contributed by atoms with Crippen LogP contribution in [0.2, 0.25) is 0 Å². The molecular formula is C18H33NO. The molecule has 2 heteroatoms. The molecule has 3 rings (SSSR count). The van der Waals surface area contributed by atoms with Crippen LogP contribution < -0.4 is 5.32 Å². The van der Waals surface area contributed by atoms with E-state index in [2.05, 4.69) is 33.1 Å². The van der Waals surface area contributed by atoms with E-state index in [1.807, 2.05) is 0 Å². The first kappa shape index (κ1) is 14.8. The molecule has 1 N–H and O–H groups in total. The molecule has 116 valence electrons. The number of hydrogen-bond donors (Lipinski definition) is 1. The summed E-state index contributed by atoms with van der Waals surface area (Å²) in [7, 11) is 2.11. The van der Waals surface area contributed by atoms with Crippen molar-refractivity contribution in [2.24, 2.45) is 16.7 Å². The van der Waals surface area contributed by atoms with E-state index in [-0.39, 0.29) is 0 Å². The Kier molecular flexibility index (Phi) is 3.92. The van der Waals surface area contributed by atoms with Crippen molar-refractivity contribution in [3.8, 4) is 0 Å². The second kappa shape index (κ2) is 5.28. The van der Waals surface area contributed by atoms with E-state index < -0.39 is 0 Å². The average Bonchev–Trinajstić information content (AvgIpc) is 2.68. The van der Waals surface area contributed by atoms with Gasteiger partial charge in [-0.25, -0.2) is 0 Å². The van der Waals surface area contributed by atoms with Crippen molar-refractivity contribution in [2.75, 3.05) is 7.05 Å². The number of fused-ring (bicyclic) bond motifs is 2. The molecule has 3 fully saturated rings. The summed E-state index contributed by atoms with van der Waals surface area (Å²) in [6, 6.07) is 0.573. The lowest BCUT2D eigenvalue weighted by Gasteiger charge is -2.41. The van der Waals surface area contributed by atoms with E-state index in [1.54, 1.807) is 0 Å². The number of nitrogens with one attached hydrogen (secondary N) is 1. The van der Waals surface area contributed by atoms with Gasteiger partial charge in [-0.1, -0.05) is 40.0 Å². The van der Waals surface area contributed by atoms with Crippen LogP contribution in [-0.4, -0.2) is 25.3 Å². The molecule has 0 aromatic carbocycles. The molecule has 2 bridgehead atoms. The van der Waals surface area contributed by atoms with Gasteiger partial charge in [0.2, 0.25) is 0 Å².